The minimum absolute atomic E-state index is 0.325. The molecule has 0 spiro atoms. The molecular weight excluding hydrogens is 347 g/mol. The Morgan fingerprint density at radius 3 is 1.57 bits per heavy atom. The third-order valence-electron chi connectivity index (χ3n) is 2.68. The van der Waals surface area contributed by atoms with Crippen LogP contribution in [0, 0.1) is 29.1 Å². The Labute approximate surface area is 127 Å². The maximum absolute atomic E-state index is 13.5. The van der Waals surface area contributed by atoms with Crippen molar-refractivity contribution in [1.29, 1.82) is 0 Å². The van der Waals surface area contributed by atoms with Gasteiger partial charge in [0.25, 0.3) is 0 Å². The molecule has 0 heterocycles. The highest BCUT2D eigenvalue weighted by Crippen LogP contribution is 2.29. The molecule has 124 valence electrons. The van der Waals surface area contributed by atoms with Gasteiger partial charge in [-0.15, -0.1) is 0 Å². The SMILES string of the molecule is COc1ccc(OS(=O)(=O)c2c(F)c(F)c(F)c(F)c2F)cc1. The number of hydrogen-bond acceptors (Lipinski definition) is 4. The molecule has 2 rings (SSSR count). The van der Waals surface area contributed by atoms with Gasteiger partial charge in [-0.1, -0.05) is 0 Å². The van der Waals surface area contributed by atoms with Crippen molar-refractivity contribution in [2.24, 2.45) is 0 Å². The van der Waals surface area contributed by atoms with E-state index in [0.29, 0.717) is 5.75 Å². The second-order valence-electron chi connectivity index (χ2n) is 4.11. The van der Waals surface area contributed by atoms with E-state index in [9.17, 15) is 30.4 Å². The van der Waals surface area contributed by atoms with E-state index in [4.69, 9.17) is 4.74 Å². The molecular formula is C13H7F5O4S. The second kappa shape index (κ2) is 6.03. The van der Waals surface area contributed by atoms with Crippen molar-refractivity contribution >= 4 is 10.1 Å². The Hall–Kier alpha value is -2.36. The monoisotopic (exact) mass is 354 g/mol. The fourth-order valence-corrected chi connectivity index (χ4v) is 2.67. The van der Waals surface area contributed by atoms with Gasteiger partial charge in [0.05, 0.1) is 7.11 Å². The van der Waals surface area contributed by atoms with Gasteiger partial charge in [0, 0.05) is 0 Å². The lowest BCUT2D eigenvalue weighted by atomic mass is 10.3. The number of halogens is 5. The van der Waals surface area contributed by atoms with E-state index in [-0.39, 0.29) is 0 Å². The summed E-state index contributed by atoms with van der Waals surface area (Å²) < 4.78 is 98.9. The van der Waals surface area contributed by atoms with Crippen LogP contribution in [0.1, 0.15) is 0 Å². The van der Waals surface area contributed by atoms with Crippen molar-refractivity contribution in [3.8, 4) is 11.5 Å². The normalized spacial score (nSPS) is 11.4. The van der Waals surface area contributed by atoms with Gasteiger partial charge in [0.1, 0.15) is 11.5 Å². The van der Waals surface area contributed by atoms with Crippen LogP contribution >= 0.6 is 0 Å². The Kier molecular flexibility index (Phi) is 4.46. The summed E-state index contributed by atoms with van der Waals surface area (Å²) in [6, 6.07) is 4.68. The molecule has 0 unspecified atom stereocenters. The molecule has 0 aliphatic heterocycles. The Morgan fingerprint density at radius 1 is 0.739 bits per heavy atom. The molecule has 23 heavy (non-hydrogen) atoms. The topological polar surface area (TPSA) is 52.6 Å². The molecule has 0 atom stereocenters. The number of methoxy groups -OCH3 is 1. The van der Waals surface area contributed by atoms with E-state index in [1.54, 1.807) is 0 Å². The summed E-state index contributed by atoms with van der Waals surface area (Å²) in [7, 11) is -3.96. The number of rotatable bonds is 4. The lowest BCUT2D eigenvalue weighted by Gasteiger charge is -2.10. The Balaban J connectivity index is 2.51. The molecule has 0 N–H and O–H groups in total. The van der Waals surface area contributed by atoms with Gasteiger partial charge in [-0.05, 0) is 24.3 Å². The van der Waals surface area contributed by atoms with E-state index in [1.807, 2.05) is 0 Å². The maximum Gasteiger partial charge on any atom is 0.345 e. The minimum atomic E-state index is -5.29. The fourth-order valence-electron chi connectivity index (χ4n) is 1.60. The molecule has 0 radical (unpaired) electrons. The fraction of sp³-hybridized carbons (Fsp3) is 0.0769. The highest BCUT2D eigenvalue weighted by atomic mass is 32.2. The summed E-state index contributed by atoms with van der Waals surface area (Å²) in [6.07, 6.45) is 0. The number of ether oxygens (including phenoxy) is 1. The van der Waals surface area contributed by atoms with Crippen molar-refractivity contribution in [2.75, 3.05) is 7.11 Å². The van der Waals surface area contributed by atoms with Crippen molar-refractivity contribution in [1.82, 2.24) is 0 Å². The molecule has 2 aromatic carbocycles. The average Bonchev–Trinajstić information content (AvgIpc) is 2.51. The first-order chi connectivity index (χ1) is 10.7. The predicted octanol–water partition coefficient (Wildman–Crippen LogP) is 3.16. The molecule has 0 aliphatic carbocycles. The summed E-state index contributed by atoms with van der Waals surface area (Å²) in [4.78, 5) is -2.07. The molecule has 4 nitrogen and oxygen atoms in total. The molecule has 0 saturated heterocycles. The van der Waals surface area contributed by atoms with Crippen LogP contribution < -0.4 is 8.92 Å². The van der Waals surface area contributed by atoms with Crippen LogP contribution in [-0.4, -0.2) is 15.5 Å². The molecule has 0 aliphatic rings. The molecule has 2 aromatic rings. The third kappa shape index (κ3) is 3.07. The summed E-state index contributed by atoms with van der Waals surface area (Å²) >= 11 is 0. The third-order valence-corrected chi connectivity index (χ3v) is 3.96. The first-order valence-electron chi connectivity index (χ1n) is 5.79. The lowest BCUT2D eigenvalue weighted by molar-refractivity contribution is 0.352. The number of hydrogen-bond donors (Lipinski definition) is 0. The molecule has 0 amide bonds. The van der Waals surface area contributed by atoms with Crippen LogP contribution in [-0.2, 0) is 10.1 Å². The van der Waals surface area contributed by atoms with E-state index < -0.39 is 49.8 Å². The second-order valence-corrected chi connectivity index (χ2v) is 5.60. The molecule has 0 fully saturated rings. The quantitative estimate of drug-likeness (QED) is 0.366. The Bertz CT molecular complexity index is 821. The molecule has 10 heteroatoms. The van der Waals surface area contributed by atoms with Crippen molar-refractivity contribution in [3.63, 3.8) is 0 Å². The van der Waals surface area contributed by atoms with Gasteiger partial charge in [0.15, 0.2) is 28.2 Å². The largest absolute Gasteiger partial charge is 0.497 e. The average molecular weight is 354 g/mol. The first kappa shape index (κ1) is 17.0. The van der Waals surface area contributed by atoms with Crippen molar-refractivity contribution in [3.05, 3.63) is 53.4 Å². The zero-order valence-electron chi connectivity index (χ0n) is 11.2. The Morgan fingerprint density at radius 2 is 1.13 bits per heavy atom. The molecule has 0 saturated carbocycles. The van der Waals surface area contributed by atoms with Gasteiger partial charge in [-0.3, -0.25) is 0 Å². The number of benzene rings is 2. The first-order valence-corrected chi connectivity index (χ1v) is 7.20. The standard InChI is InChI=1S/C13H7F5O4S/c1-21-6-2-4-7(5-3-6)22-23(19,20)13-11(17)9(15)8(14)10(16)12(13)18/h2-5H,1H3. The summed E-state index contributed by atoms with van der Waals surface area (Å²) in [6.45, 7) is 0. The zero-order chi connectivity index (χ0) is 17.4. The van der Waals surface area contributed by atoms with Crippen LogP contribution in [0.15, 0.2) is 29.2 Å². The lowest BCUT2D eigenvalue weighted by Crippen LogP contribution is -2.17. The summed E-state index contributed by atoms with van der Waals surface area (Å²) in [5, 5.41) is 0. The van der Waals surface area contributed by atoms with Gasteiger partial charge in [-0.2, -0.15) is 8.42 Å². The van der Waals surface area contributed by atoms with Crippen LogP contribution in [0.25, 0.3) is 0 Å². The van der Waals surface area contributed by atoms with Gasteiger partial charge in [0.2, 0.25) is 5.82 Å². The van der Waals surface area contributed by atoms with E-state index >= 15 is 0 Å². The molecule has 0 aromatic heterocycles. The van der Waals surface area contributed by atoms with Gasteiger partial charge < -0.3 is 8.92 Å². The zero-order valence-corrected chi connectivity index (χ0v) is 12.1. The smallest absolute Gasteiger partial charge is 0.345 e. The minimum Gasteiger partial charge on any atom is -0.497 e. The predicted molar refractivity (Wildman–Crippen MR) is 67.0 cm³/mol. The van der Waals surface area contributed by atoms with E-state index in [1.165, 1.54) is 19.2 Å². The van der Waals surface area contributed by atoms with Crippen LogP contribution in [0.3, 0.4) is 0 Å². The van der Waals surface area contributed by atoms with Crippen LogP contribution in [0.4, 0.5) is 22.0 Å². The van der Waals surface area contributed by atoms with Crippen LogP contribution in [0.5, 0.6) is 11.5 Å². The van der Waals surface area contributed by atoms with E-state index in [0.717, 1.165) is 12.1 Å². The summed E-state index contributed by atoms with van der Waals surface area (Å²) in [5.74, 6) is -12.3. The van der Waals surface area contributed by atoms with Crippen LogP contribution in [0.2, 0.25) is 0 Å². The van der Waals surface area contributed by atoms with E-state index in [2.05, 4.69) is 4.18 Å². The molecule has 0 bridgehead atoms. The highest BCUT2D eigenvalue weighted by Gasteiger charge is 2.35. The summed E-state index contributed by atoms with van der Waals surface area (Å²) in [5.41, 5.74) is 0. The highest BCUT2D eigenvalue weighted by molar-refractivity contribution is 7.87. The van der Waals surface area contributed by atoms with Crippen molar-refractivity contribution in [2.45, 2.75) is 4.90 Å². The van der Waals surface area contributed by atoms with Gasteiger partial charge in [-0.25, -0.2) is 22.0 Å². The van der Waals surface area contributed by atoms with Crippen molar-refractivity contribution < 1.29 is 39.3 Å². The van der Waals surface area contributed by atoms with Gasteiger partial charge >= 0.3 is 10.1 Å². The maximum atomic E-state index is 13.5.